The second-order valence-corrected chi connectivity index (χ2v) is 5.95. The minimum atomic E-state index is -0.384. The van der Waals surface area contributed by atoms with E-state index >= 15 is 0 Å². The number of halogens is 1. The van der Waals surface area contributed by atoms with Crippen molar-refractivity contribution >= 4 is 17.3 Å². The number of nitrogens with zero attached hydrogens (tertiary/aromatic N) is 5. The molecule has 2 aromatic heterocycles. The van der Waals surface area contributed by atoms with Crippen LogP contribution in [-0.4, -0.2) is 26.9 Å². The lowest BCUT2D eigenvalue weighted by molar-refractivity contribution is 0.384. The molecule has 136 valence electrons. The summed E-state index contributed by atoms with van der Waals surface area (Å²) in [5.74, 6) is 0.664. The van der Waals surface area contributed by atoms with E-state index in [2.05, 4.69) is 20.0 Å². The smallest absolute Gasteiger partial charge is 0.296 e. The van der Waals surface area contributed by atoms with Gasteiger partial charge in [0.25, 0.3) is 5.56 Å². The van der Waals surface area contributed by atoms with Gasteiger partial charge in [0.2, 0.25) is 11.6 Å². The first-order valence-electron chi connectivity index (χ1n) is 7.78. The molecular weight excluding hydrogens is 370 g/mol. The minimum Gasteiger partial charge on any atom is -0.480 e. The average molecular weight is 384 g/mol. The van der Waals surface area contributed by atoms with Crippen LogP contribution in [-0.2, 0) is 6.54 Å². The lowest BCUT2D eigenvalue weighted by Crippen LogP contribution is -2.23. The fourth-order valence-electron chi connectivity index (χ4n) is 2.39. The van der Waals surface area contributed by atoms with Crippen LogP contribution in [0.3, 0.4) is 0 Å². The van der Waals surface area contributed by atoms with Crippen LogP contribution in [0.4, 0.5) is 5.69 Å². The van der Waals surface area contributed by atoms with Crippen molar-refractivity contribution in [3.8, 4) is 17.4 Å². The largest absolute Gasteiger partial charge is 0.480 e. The predicted molar refractivity (Wildman–Crippen MR) is 98.7 cm³/mol. The first-order valence-corrected chi connectivity index (χ1v) is 8.16. The number of rotatable bonds is 5. The molecule has 0 radical (unpaired) electrons. The van der Waals surface area contributed by atoms with Crippen molar-refractivity contribution in [1.29, 1.82) is 0 Å². The first-order chi connectivity index (χ1) is 13.0. The summed E-state index contributed by atoms with van der Waals surface area (Å²) in [4.78, 5) is 20.4. The van der Waals surface area contributed by atoms with Crippen molar-refractivity contribution in [3.05, 3.63) is 74.8 Å². The number of hydrogen-bond acceptors (Lipinski definition) is 6. The summed E-state index contributed by atoms with van der Waals surface area (Å²) >= 11 is 6.00. The summed E-state index contributed by atoms with van der Waals surface area (Å²) in [5.41, 5.74) is 1.02. The maximum Gasteiger partial charge on any atom is 0.296 e. The molecule has 0 N–H and O–H groups in total. The van der Waals surface area contributed by atoms with Crippen LogP contribution in [0.1, 0.15) is 11.3 Å². The molecule has 27 heavy (non-hydrogen) atoms. The van der Waals surface area contributed by atoms with Crippen LogP contribution in [0, 0.1) is 13.5 Å². The Morgan fingerprint density at radius 3 is 2.89 bits per heavy atom. The van der Waals surface area contributed by atoms with Crippen LogP contribution in [0.15, 0.2) is 41.6 Å². The van der Waals surface area contributed by atoms with Crippen LogP contribution < -0.4 is 15.0 Å². The molecule has 0 spiro atoms. The zero-order chi connectivity index (χ0) is 19.4. The van der Waals surface area contributed by atoms with E-state index in [9.17, 15) is 4.79 Å². The molecule has 8 nitrogen and oxygen atoms in total. The number of aryl methyl sites for hydroxylation is 1. The molecule has 3 rings (SSSR count). The zero-order valence-electron chi connectivity index (χ0n) is 14.5. The zero-order valence-corrected chi connectivity index (χ0v) is 15.3. The molecule has 0 aliphatic carbocycles. The van der Waals surface area contributed by atoms with Gasteiger partial charge in [-0.25, -0.2) is 9.83 Å². The molecule has 9 heteroatoms. The number of benzene rings is 1. The minimum absolute atomic E-state index is 0.0525. The van der Waals surface area contributed by atoms with Gasteiger partial charge in [0.05, 0.1) is 38.4 Å². The van der Waals surface area contributed by atoms with Gasteiger partial charge in [0.1, 0.15) is 5.75 Å². The Labute approximate surface area is 159 Å². The summed E-state index contributed by atoms with van der Waals surface area (Å²) in [7, 11) is 1.48. The van der Waals surface area contributed by atoms with Crippen molar-refractivity contribution in [3.63, 3.8) is 0 Å². The Bertz CT molecular complexity index is 1090. The molecule has 3 aromatic rings. The third-order valence-corrected chi connectivity index (χ3v) is 3.90. The van der Waals surface area contributed by atoms with Crippen molar-refractivity contribution in [2.75, 3.05) is 7.11 Å². The van der Waals surface area contributed by atoms with Gasteiger partial charge in [-0.05, 0) is 31.2 Å². The summed E-state index contributed by atoms with van der Waals surface area (Å²) in [6.07, 6.45) is 2.94. The number of methoxy groups -OCH3 is 1. The highest BCUT2D eigenvalue weighted by atomic mass is 35.5. The van der Waals surface area contributed by atoms with Gasteiger partial charge in [0, 0.05) is 10.6 Å². The summed E-state index contributed by atoms with van der Waals surface area (Å²) in [6, 6.07) is 6.25. The molecule has 0 aliphatic rings. The number of hydrogen-bond donors (Lipinski definition) is 0. The highest BCUT2D eigenvalue weighted by Crippen LogP contribution is 2.29. The lowest BCUT2D eigenvalue weighted by Gasteiger charge is -2.12. The summed E-state index contributed by atoms with van der Waals surface area (Å²) in [5, 5.41) is 7.97. The molecule has 1 aromatic carbocycles. The Morgan fingerprint density at radius 2 is 2.15 bits per heavy atom. The fraction of sp³-hybridized carbons (Fsp3) is 0.167. The molecule has 0 fully saturated rings. The van der Waals surface area contributed by atoms with E-state index < -0.39 is 0 Å². The van der Waals surface area contributed by atoms with Crippen LogP contribution >= 0.6 is 11.6 Å². The molecule has 0 unspecified atom stereocenters. The van der Waals surface area contributed by atoms with Crippen LogP contribution in [0.5, 0.6) is 17.4 Å². The van der Waals surface area contributed by atoms with E-state index in [0.29, 0.717) is 27.8 Å². The van der Waals surface area contributed by atoms with Crippen molar-refractivity contribution < 1.29 is 9.47 Å². The van der Waals surface area contributed by atoms with Gasteiger partial charge >= 0.3 is 0 Å². The van der Waals surface area contributed by atoms with Gasteiger partial charge in [-0.1, -0.05) is 11.6 Å². The predicted octanol–water partition coefficient (Wildman–Crippen LogP) is 3.40. The summed E-state index contributed by atoms with van der Waals surface area (Å²) < 4.78 is 12.3. The maximum atomic E-state index is 12.9. The van der Waals surface area contributed by atoms with Gasteiger partial charge in [0.15, 0.2) is 5.69 Å². The van der Waals surface area contributed by atoms with E-state index in [1.807, 2.05) is 0 Å². The molecule has 2 heterocycles. The van der Waals surface area contributed by atoms with Crippen LogP contribution in [0.2, 0.25) is 5.02 Å². The van der Waals surface area contributed by atoms with E-state index in [-0.39, 0.29) is 23.6 Å². The number of ether oxygens (including phenoxy) is 2. The second-order valence-electron chi connectivity index (χ2n) is 5.52. The SMILES string of the molecule is [C-]#[N+]c1cc(Cl)cc(Oc2c(C)ncn(Cc3ccnnc3OC)c2=O)c1. The molecule has 0 bridgehead atoms. The maximum absolute atomic E-state index is 12.9. The fourth-order valence-corrected chi connectivity index (χ4v) is 2.61. The Balaban J connectivity index is 1.98. The molecule has 0 saturated heterocycles. The molecular formula is C18H14ClN5O3. The first kappa shape index (κ1) is 18.4. The van der Waals surface area contributed by atoms with Gasteiger partial charge in [-0.2, -0.15) is 5.10 Å². The Morgan fingerprint density at radius 1 is 1.33 bits per heavy atom. The van der Waals surface area contributed by atoms with E-state index in [1.54, 1.807) is 13.0 Å². The monoisotopic (exact) mass is 383 g/mol. The van der Waals surface area contributed by atoms with Crippen LogP contribution in [0.25, 0.3) is 4.85 Å². The average Bonchev–Trinajstić information content (AvgIpc) is 2.67. The standard InChI is InChI=1S/C18H14ClN5O3/c1-11-16(27-15-7-13(19)6-14(8-15)20-2)18(25)24(10-21-11)9-12-4-5-22-23-17(12)26-3/h4-8,10H,9H2,1,3H3. The van der Waals surface area contributed by atoms with E-state index in [0.717, 1.165) is 0 Å². The van der Waals surface area contributed by atoms with E-state index in [4.69, 9.17) is 27.6 Å². The molecule has 0 saturated carbocycles. The van der Waals surface area contributed by atoms with Gasteiger partial charge in [-0.3, -0.25) is 9.36 Å². The van der Waals surface area contributed by atoms with Gasteiger partial charge < -0.3 is 9.47 Å². The Hall–Kier alpha value is -3.44. The van der Waals surface area contributed by atoms with Crippen molar-refractivity contribution in [2.24, 2.45) is 0 Å². The normalized spacial score (nSPS) is 10.3. The lowest BCUT2D eigenvalue weighted by atomic mass is 10.3. The molecule has 0 aliphatic heterocycles. The molecule has 0 amide bonds. The topological polar surface area (TPSA) is 83.5 Å². The highest BCUT2D eigenvalue weighted by molar-refractivity contribution is 6.31. The second kappa shape index (κ2) is 7.85. The third kappa shape index (κ3) is 4.04. The number of aromatic nitrogens is 4. The summed E-state index contributed by atoms with van der Waals surface area (Å²) in [6.45, 7) is 8.96. The van der Waals surface area contributed by atoms with Gasteiger partial charge in [-0.15, -0.1) is 5.10 Å². The Kier molecular flexibility index (Phi) is 5.33. The molecule has 0 atom stereocenters. The quantitative estimate of drug-likeness (QED) is 0.628. The van der Waals surface area contributed by atoms with Crippen molar-refractivity contribution in [1.82, 2.24) is 19.7 Å². The van der Waals surface area contributed by atoms with Crippen molar-refractivity contribution in [2.45, 2.75) is 13.5 Å². The highest BCUT2D eigenvalue weighted by Gasteiger charge is 2.14. The van der Waals surface area contributed by atoms with E-state index in [1.165, 1.54) is 42.4 Å². The third-order valence-electron chi connectivity index (χ3n) is 3.68.